The molecule has 3 atom stereocenters. The van der Waals surface area contributed by atoms with Crippen molar-refractivity contribution in [2.45, 2.75) is 25.2 Å². The van der Waals surface area contributed by atoms with Crippen molar-refractivity contribution in [1.82, 2.24) is 4.90 Å². The van der Waals surface area contributed by atoms with Gasteiger partial charge in [-0.1, -0.05) is 29.3 Å². The summed E-state index contributed by atoms with van der Waals surface area (Å²) in [6, 6.07) is 5.53. The maximum absolute atomic E-state index is 12.6. The number of amides is 2. The first-order valence-corrected chi connectivity index (χ1v) is 8.26. The van der Waals surface area contributed by atoms with E-state index in [2.05, 4.69) is 0 Å². The van der Waals surface area contributed by atoms with Crippen molar-refractivity contribution in [2.75, 3.05) is 13.1 Å². The minimum atomic E-state index is -0.311. The number of benzene rings is 1. The van der Waals surface area contributed by atoms with Gasteiger partial charge in [-0.15, -0.1) is 0 Å². The highest BCUT2D eigenvalue weighted by molar-refractivity contribution is 6.42. The zero-order chi connectivity index (χ0) is 15.9. The van der Waals surface area contributed by atoms with Gasteiger partial charge in [0.2, 0.25) is 11.8 Å². The summed E-state index contributed by atoms with van der Waals surface area (Å²) in [6.07, 6.45) is 2.44. The number of hydrogen-bond donors (Lipinski definition) is 1. The van der Waals surface area contributed by atoms with E-state index in [1.165, 1.54) is 0 Å². The number of nitrogens with two attached hydrogens (primary N) is 1. The van der Waals surface area contributed by atoms with Crippen LogP contribution in [0.15, 0.2) is 18.2 Å². The van der Waals surface area contributed by atoms with Crippen LogP contribution < -0.4 is 5.73 Å². The molecule has 0 radical (unpaired) electrons. The molecule has 2 N–H and O–H groups in total. The Hall–Kier alpha value is -1.26. The van der Waals surface area contributed by atoms with Crippen LogP contribution in [-0.4, -0.2) is 29.8 Å². The van der Waals surface area contributed by atoms with E-state index in [9.17, 15) is 9.59 Å². The van der Waals surface area contributed by atoms with Crippen molar-refractivity contribution in [3.63, 3.8) is 0 Å². The molecule has 4 nitrogen and oxygen atoms in total. The van der Waals surface area contributed by atoms with Crippen molar-refractivity contribution in [3.05, 3.63) is 33.8 Å². The number of halogens is 2. The van der Waals surface area contributed by atoms with Crippen molar-refractivity contribution in [1.29, 1.82) is 0 Å². The fourth-order valence-electron chi connectivity index (χ4n) is 3.22. The lowest BCUT2D eigenvalue weighted by Gasteiger charge is -2.31. The minimum absolute atomic E-state index is 0.0103. The number of likely N-dealkylation sites (tertiary alicyclic amines) is 1. The second kappa shape index (κ2) is 6.09. The average Bonchev–Trinajstić information content (AvgIpc) is 3.30. The fourth-order valence-corrected chi connectivity index (χ4v) is 3.53. The maximum Gasteiger partial charge on any atom is 0.226 e. The van der Waals surface area contributed by atoms with E-state index >= 15 is 0 Å². The molecule has 118 valence electrons. The van der Waals surface area contributed by atoms with Crippen molar-refractivity contribution < 1.29 is 9.59 Å². The molecule has 1 aromatic rings. The summed E-state index contributed by atoms with van der Waals surface area (Å²) in [5.74, 6) is -0.198. The summed E-state index contributed by atoms with van der Waals surface area (Å²) in [5.41, 5.74) is 6.42. The minimum Gasteiger partial charge on any atom is -0.369 e. The summed E-state index contributed by atoms with van der Waals surface area (Å²) < 4.78 is 0. The van der Waals surface area contributed by atoms with E-state index < -0.39 is 0 Å². The maximum atomic E-state index is 12.6. The lowest BCUT2D eigenvalue weighted by atomic mass is 9.97. The summed E-state index contributed by atoms with van der Waals surface area (Å²) in [4.78, 5) is 25.7. The molecule has 0 bridgehead atoms. The van der Waals surface area contributed by atoms with Gasteiger partial charge in [0.15, 0.2) is 0 Å². The molecule has 3 rings (SSSR count). The van der Waals surface area contributed by atoms with Crippen LogP contribution in [0.2, 0.25) is 10.0 Å². The van der Waals surface area contributed by atoms with E-state index in [0.717, 1.165) is 24.8 Å². The number of piperidine rings is 1. The third kappa shape index (κ3) is 3.08. The molecule has 2 amide bonds. The van der Waals surface area contributed by atoms with Gasteiger partial charge < -0.3 is 10.6 Å². The van der Waals surface area contributed by atoms with Crippen LogP contribution >= 0.6 is 23.2 Å². The van der Waals surface area contributed by atoms with E-state index in [0.29, 0.717) is 23.1 Å². The number of nitrogens with zero attached hydrogens (tertiary/aromatic N) is 1. The predicted octanol–water partition coefficient (Wildman–Crippen LogP) is 2.82. The van der Waals surface area contributed by atoms with Gasteiger partial charge in [0.25, 0.3) is 0 Å². The highest BCUT2D eigenvalue weighted by atomic mass is 35.5. The highest BCUT2D eigenvalue weighted by Crippen LogP contribution is 2.49. The van der Waals surface area contributed by atoms with Gasteiger partial charge in [0.05, 0.1) is 16.0 Å². The molecule has 2 fully saturated rings. The number of primary amides is 1. The van der Waals surface area contributed by atoms with Gasteiger partial charge >= 0.3 is 0 Å². The first kappa shape index (κ1) is 15.6. The Bertz CT molecular complexity index is 620. The molecule has 1 saturated heterocycles. The Kier molecular flexibility index (Phi) is 4.33. The van der Waals surface area contributed by atoms with Gasteiger partial charge in [-0.2, -0.15) is 0 Å². The molecular weight excluding hydrogens is 323 g/mol. The summed E-state index contributed by atoms with van der Waals surface area (Å²) in [6.45, 7) is 1.17. The van der Waals surface area contributed by atoms with E-state index in [4.69, 9.17) is 28.9 Å². The molecule has 22 heavy (non-hydrogen) atoms. The standard InChI is InChI=1S/C16H18Cl2N2O2/c17-13-4-3-9(6-14(13)18)11-7-12(11)16(22)20-5-1-2-10(8-20)15(19)21/h3-4,6,10-12H,1-2,5,7-8H2,(H2,19,21). The number of rotatable bonds is 3. The molecule has 1 aliphatic heterocycles. The molecule has 2 aliphatic rings. The summed E-state index contributed by atoms with van der Waals surface area (Å²) in [5, 5.41) is 1.04. The Morgan fingerprint density at radius 1 is 1.23 bits per heavy atom. The van der Waals surface area contributed by atoms with Crippen molar-refractivity contribution in [3.8, 4) is 0 Å². The van der Waals surface area contributed by atoms with E-state index in [1.54, 1.807) is 11.0 Å². The Balaban J connectivity index is 1.65. The second-order valence-corrected chi connectivity index (χ2v) is 6.96. The quantitative estimate of drug-likeness (QED) is 0.919. The first-order valence-electron chi connectivity index (χ1n) is 7.50. The normalized spacial score (nSPS) is 27.5. The van der Waals surface area contributed by atoms with Crippen LogP contribution in [0, 0.1) is 11.8 Å². The van der Waals surface area contributed by atoms with Crippen LogP contribution in [0.1, 0.15) is 30.7 Å². The van der Waals surface area contributed by atoms with Gasteiger partial charge in [-0.3, -0.25) is 9.59 Å². The second-order valence-electron chi connectivity index (χ2n) is 6.15. The average molecular weight is 341 g/mol. The smallest absolute Gasteiger partial charge is 0.226 e. The van der Waals surface area contributed by atoms with Crippen molar-refractivity contribution >= 4 is 35.0 Å². The highest BCUT2D eigenvalue weighted by Gasteiger charge is 2.46. The summed E-state index contributed by atoms with van der Waals surface area (Å²) in [7, 11) is 0. The van der Waals surface area contributed by atoms with Crippen LogP contribution in [0.5, 0.6) is 0 Å². The predicted molar refractivity (Wildman–Crippen MR) is 85.8 cm³/mol. The largest absolute Gasteiger partial charge is 0.369 e. The van der Waals surface area contributed by atoms with E-state index in [1.807, 2.05) is 12.1 Å². The molecule has 6 heteroatoms. The molecule has 1 aliphatic carbocycles. The molecule has 1 aromatic carbocycles. The number of hydrogen-bond acceptors (Lipinski definition) is 2. The first-order chi connectivity index (χ1) is 10.5. The van der Waals surface area contributed by atoms with Crippen molar-refractivity contribution in [2.24, 2.45) is 17.6 Å². The topological polar surface area (TPSA) is 63.4 Å². The van der Waals surface area contributed by atoms with E-state index in [-0.39, 0.29) is 29.6 Å². The van der Waals surface area contributed by atoms with Gasteiger partial charge in [-0.25, -0.2) is 0 Å². The Morgan fingerprint density at radius 3 is 2.68 bits per heavy atom. The molecular formula is C16H18Cl2N2O2. The molecule has 3 unspecified atom stereocenters. The summed E-state index contributed by atoms with van der Waals surface area (Å²) >= 11 is 12.0. The Labute approximate surface area is 139 Å². The lowest BCUT2D eigenvalue weighted by molar-refractivity contribution is -0.136. The van der Waals surface area contributed by atoms with Gasteiger partial charge in [-0.05, 0) is 42.9 Å². The zero-order valence-corrected chi connectivity index (χ0v) is 13.6. The van der Waals surface area contributed by atoms with Gasteiger partial charge in [0, 0.05) is 19.0 Å². The monoisotopic (exact) mass is 340 g/mol. The van der Waals surface area contributed by atoms with Crippen LogP contribution in [-0.2, 0) is 9.59 Å². The molecule has 0 aromatic heterocycles. The number of carbonyl (C=O) groups excluding carboxylic acids is 2. The van der Waals surface area contributed by atoms with Crippen LogP contribution in [0.3, 0.4) is 0 Å². The third-order valence-corrected chi connectivity index (χ3v) is 5.35. The fraction of sp³-hybridized carbons (Fsp3) is 0.500. The molecule has 1 heterocycles. The SMILES string of the molecule is NC(=O)C1CCCN(C(=O)C2CC2c2ccc(Cl)c(Cl)c2)C1. The van der Waals surface area contributed by atoms with Crippen LogP contribution in [0.25, 0.3) is 0 Å². The van der Waals surface area contributed by atoms with Gasteiger partial charge in [0.1, 0.15) is 0 Å². The molecule has 0 spiro atoms. The molecule has 1 saturated carbocycles. The lowest BCUT2D eigenvalue weighted by Crippen LogP contribution is -2.44. The zero-order valence-electron chi connectivity index (χ0n) is 12.1. The van der Waals surface area contributed by atoms with Crippen LogP contribution in [0.4, 0.5) is 0 Å². The number of carbonyl (C=O) groups is 2. The third-order valence-electron chi connectivity index (χ3n) is 4.61. The Morgan fingerprint density at radius 2 is 2.00 bits per heavy atom.